The van der Waals surface area contributed by atoms with E-state index in [-0.39, 0.29) is 5.91 Å². The van der Waals surface area contributed by atoms with Crippen molar-refractivity contribution in [2.75, 3.05) is 11.1 Å². The fraction of sp³-hybridized carbons (Fsp3) is 0.550. The molecule has 1 aromatic heterocycles. The lowest BCUT2D eigenvalue weighted by Gasteiger charge is -2.03. The monoisotopic (exact) mass is 374 g/mol. The minimum Gasteiger partial charge on any atom is -0.321 e. The molecule has 0 saturated heterocycles. The van der Waals surface area contributed by atoms with E-state index in [1.54, 1.807) is 10.9 Å². The molecule has 2 aromatic rings. The number of benzene rings is 1. The molecule has 0 aliphatic rings. The highest BCUT2D eigenvalue weighted by Crippen LogP contribution is 2.11. The number of aromatic nitrogens is 3. The number of thiol groups is 1. The number of anilines is 1. The van der Waals surface area contributed by atoms with Gasteiger partial charge in [-0.15, -0.1) is 5.10 Å². The fourth-order valence-corrected chi connectivity index (χ4v) is 3.07. The van der Waals surface area contributed by atoms with Gasteiger partial charge in [0.1, 0.15) is 0 Å². The van der Waals surface area contributed by atoms with Gasteiger partial charge in [-0.1, -0.05) is 68.4 Å². The first-order valence-corrected chi connectivity index (χ1v) is 10.3. The third-order valence-electron chi connectivity index (χ3n) is 4.35. The smallest absolute Gasteiger partial charge is 0.277 e. The van der Waals surface area contributed by atoms with Gasteiger partial charge in [0.05, 0.1) is 6.20 Å². The maximum atomic E-state index is 12.1. The first-order valence-electron chi connectivity index (χ1n) is 9.67. The van der Waals surface area contributed by atoms with Crippen LogP contribution in [0.25, 0.3) is 0 Å². The predicted molar refractivity (Wildman–Crippen MR) is 110 cm³/mol. The van der Waals surface area contributed by atoms with E-state index in [1.165, 1.54) is 51.4 Å². The molecule has 1 N–H and O–H groups in total. The zero-order valence-corrected chi connectivity index (χ0v) is 16.3. The van der Waals surface area contributed by atoms with Gasteiger partial charge in [0.2, 0.25) is 0 Å². The summed E-state index contributed by atoms with van der Waals surface area (Å²) < 4.78 is 1.76. The van der Waals surface area contributed by atoms with Crippen LogP contribution in [0, 0.1) is 0 Å². The van der Waals surface area contributed by atoms with E-state index in [9.17, 15) is 4.79 Å². The maximum Gasteiger partial charge on any atom is 0.277 e. The molecule has 0 fully saturated rings. The predicted octanol–water partition coefficient (Wildman–Crippen LogP) is 4.97. The summed E-state index contributed by atoms with van der Waals surface area (Å²) in [7, 11) is 0. The van der Waals surface area contributed by atoms with Crippen LogP contribution in [-0.2, 0) is 6.54 Å². The van der Waals surface area contributed by atoms with E-state index in [0.29, 0.717) is 5.69 Å². The molecule has 0 bridgehead atoms. The molecule has 1 aromatic carbocycles. The number of carbonyl (C=O) groups is 1. The van der Waals surface area contributed by atoms with Crippen LogP contribution >= 0.6 is 12.6 Å². The third-order valence-corrected chi connectivity index (χ3v) is 4.66. The molecular formula is C20H30N4OS. The molecule has 0 aliphatic heterocycles. The van der Waals surface area contributed by atoms with E-state index in [2.05, 4.69) is 28.3 Å². The molecule has 0 aliphatic carbocycles. The Kier molecular flexibility index (Phi) is 9.87. The Balaban J connectivity index is 1.56. The topological polar surface area (TPSA) is 59.8 Å². The lowest BCUT2D eigenvalue weighted by molar-refractivity contribution is 0.102. The Hall–Kier alpha value is -1.82. The van der Waals surface area contributed by atoms with Crippen LogP contribution in [-0.4, -0.2) is 26.7 Å². The molecule has 6 heteroatoms. The summed E-state index contributed by atoms with van der Waals surface area (Å²) >= 11 is 4.23. The SMILES string of the molecule is O=C(Nc1ccccc1)c1cn(CCCCCCCCCCCS)nn1. The normalized spacial score (nSPS) is 10.8. The summed E-state index contributed by atoms with van der Waals surface area (Å²) in [5.74, 6) is 0.790. The molecule has 5 nitrogen and oxygen atoms in total. The maximum absolute atomic E-state index is 12.1. The Bertz CT molecular complexity index is 630. The van der Waals surface area contributed by atoms with Crippen LogP contribution < -0.4 is 5.32 Å². The van der Waals surface area contributed by atoms with Gasteiger partial charge in [-0.3, -0.25) is 9.48 Å². The van der Waals surface area contributed by atoms with Crippen LogP contribution in [0.2, 0.25) is 0 Å². The number of amides is 1. The Labute approximate surface area is 162 Å². The van der Waals surface area contributed by atoms with Gasteiger partial charge in [-0.25, -0.2) is 0 Å². The summed E-state index contributed by atoms with van der Waals surface area (Å²) in [6.07, 6.45) is 13.1. The lowest BCUT2D eigenvalue weighted by atomic mass is 10.1. The fourth-order valence-electron chi connectivity index (χ4n) is 2.85. The van der Waals surface area contributed by atoms with E-state index < -0.39 is 0 Å². The minimum atomic E-state index is -0.222. The summed E-state index contributed by atoms with van der Waals surface area (Å²) in [6, 6.07) is 9.38. The van der Waals surface area contributed by atoms with E-state index in [1.807, 2.05) is 30.3 Å². The van der Waals surface area contributed by atoms with Gasteiger partial charge in [0, 0.05) is 12.2 Å². The molecule has 2 rings (SSSR count). The van der Waals surface area contributed by atoms with Crippen LogP contribution in [0.15, 0.2) is 36.5 Å². The third kappa shape index (κ3) is 8.04. The number of para-hydroxylation sites is 1. The van der Waals surface area contributed by atoms with Gasteiger partial charge in [0.15, 0.2) is 5.69 Å². The van der Waals surface area contributed by atoms with E-state index >= 15 is 0 Å². The lowest BCUT2D eigenvalue weighted by Crippen LogP contribution is -2.12. The van der Waals surface area contributed by atoms with Crippen molar-refractivity contribution in [1.29, 1.82) is 0 Å². The van der Waals surface area contributed by atoms with Crippen LogP contribution in [0.4, 0.5) is 5.69 Å². The molecule has 26 heavy (non-hydrogen) atoms. The van der Waals surface area contributed by atoms with Crippen molar-refractivity contribution in [3.63, 3.8) is 0 Å². The highest BCUT2D eigenvalue weighted by molar-refractivity contribution is 7.80. The molecule has 0 spiro atoms. The average Bonchev–Trinajstić information content (AvgIpc) is 3.13. The number of rotatable bonds is 13. The zero-order chi connectivity index (χ0) is 18.5. The molecule has 1 heterocycles. The second kappa shape index (κ2) is 12.5. The van der Waals surface area contributed by atoms with Crippen molar-refractivity contribution < 1.29 is 4.79 Å². The molecule has 0 radical (unpaired) electrons. The van der Waals surface area contributed by atoms with Crippen molar-refractivity contribution in [3.8, 4) is 0 Å². The standard InChI is InChI=1S/C20H30N4OS/c25-20(21-18-13-9-8-10-14-18)19-17-24(23-22-19)15-11-6-4-2-1-3-5-7-12-16-26/h8-10,13-14,17,26H,1-7,11-12,15-16H2,(H,21,25). The number of unbranched alkanes of at least 4 members (excludes halogenated alkanes) is 8. The molecule has 0 atom stereocenters. The Morgan fingerprint density at radius 2 is 1.54 bits per heavy atom. The summed E-state index contributed by atoms with van der Waals surface area (Å²) in [4.78, 5) is 12.1. The van der Waals surface area contributed by atoms with Crippen molar-refractivity contribution in [3.05, 3.63) is 42.2 Å². The number of hydrogen-bond acceptors (Lipinski definition) is 4. The van der Waals surface area contributed by atoms with Gasteiger partial charge in [-0.2, -0.15) is 12.6 Å². The van der Waals surface area contributed by atoms with Crippen molar-refractivity contribution >= 4 is 24.2 Å². The van der Waals surface area contributed by atoms with Gasteiger partial charge < -0.3 is 5.32 Å². The van der Waals surface area contributed by atoms with E-state index in [4.69, 9.17) is 0 Å². The number of nitrogens with one attached hydrogen (secondary N) is 1. The second-order valence-electron chi connectivity index (χ2n) is 6.59. The summed E-state index contributed by atoms with van der Waals surface area (Å²) in [5, 5.41) is 10.8. The first kappa shape index (κ1) is 20.5. The molecule has 0 saturated carbocycles. The number of hydrogen-bond donors (Lipinski definition) is 2. The van der Waals surface area contributed by atoms with Crippen LogP contribution in [0.1, 0.15) is 68.3 Å². The number of nitrogens with zero attached hydrogens (tertiary/aromatic N) is 3. The Morgan fingerprint density at radius 3 is 2.19 bits per heavy atom. The molecule has 1 amide bonds. The molecule has 142 valence electrons. The Morgan fingerprint density at radius 1 is 0.923 bits per heavy atom. The second-order valence-corrected chi connectivity index (χ2v) is 7.04. The van der Waals surface area contributed by atoms with Gasteiger partial charge in [-0.05, 0) is 30.7 Å². The quantitative estimate of drug-likeness (QED) is 0.384. The largest absolute Gasteiger partial charge is 0.321 e. The minimum absolute atomic E-state index is 0.222. The van der Waals surface area contributed by atoms with E-state index in [0.717, 1.165) is 24.4 Å². The average molecular weight is 375 g/mol. The van der Waals surface area contributed by atoms with Crippen molar-refractivity contribution in [2.24, 2.45) is 0 Å². The van der Waals surface area contributed by atoms with Crippen LogP contribution in [0.5, 0.6) is 0 Å². The summed E-state index contributed by atoms with van der Waals surface area (Å²) in [5.41, 5.74) is 1.12. The van der Waals surface area contributed by atoms with Crippen LogP contribution in [0.3, 0.4) is 0 Å². The highest BCUT2D eigenvalue weighted by Gasteiger charge is 2.10. The van der Waals surface area contributed by atoms with Gasteiger partial charge >= 0.3 is 0 Å². The number of carbonyl (C=O) groups excluding carboxylic acids is 1. The number of aryl methyl sites for hydroxylation is 1. The van der Waals surface area contributed by atoms with Crippen molar-refractivity contribution in [2.45, 2.75) is 64.3 Å². The first-order chi connectivity index (χ1) is 12.8. The zero-order valence-electron chi connectivity index (χ0n) is 15.4. The molecular weight excluding hydrogens is 344 g/mol. The summed E-state index contributed by atoms with van der Waals surface area (Å²) in [6.45, 7) is 0.813. The van der Waals surface area contributed by atoms with Crippen molar-refractivity contribution in [1.82, 2.24) is 15.0 Å². The van der Waals surface area contributed by atoms with Gasteiger partial charge in [0.25, 0.3) is 5.91 Å². The molecule has 0 unspecified atom stereocenters. The highest BCUT2D eigenvalue weighted by atomic mass is 32.1.